The SMILES string of the molecule is O=C(c1c(C(F)(F)F)cccc1C(F)(F)F)C1CC2CCCC(C1)N2C(=O)OCc1ccccc1. The van der Waals surface area contributed by atoms with Crippen molar-refractivity contribution in [1.29, 1.82) is 0 Å². The van der Waals surface area contributed by atoms with Gasteiger partial charge in [0, 0.05) is 23.6 Å². The summed E-state index contributed by atoms with van der Waals surface area (Å²) in [6, 6.07) is 9.65. The van der Waals surface area contributed by atoms with Crippen molar-refractivity contribution in [3.05, 3.63) is 70.8 Å². The van der Waals surface area contributed by atoms with E-state index >= 15 is 0 Å². The summed E-state index contributed by atoms with van der Waals surface area (Å²) in [7, 11) is 0. The molecule has 35 heavy (non-hydrogen) atoms. The van der Waals surface area contributed by atoms with Crippen LogP contribution in [0.15, 0.2) is 48.5 Å². The van der Waals surface area contributed by atoms with Crippen LogP contribution in [0.25, 0.3) is 0 Å². The molecule has 0 saturated carbocycles. The van der Waals surface area contributed by atoms with E-state index in [2.05, 4.69) is 0 Å². The van der Waals surface area contributed by atoms with Gasteiger partial charge in [0.15, 0.2) is 5.78 Å². The normalized spacial score (nSPS) is 22.6. The molecular formula is C25H23F6NO3. The Morgan fingerprint density at radius 3 is 1.89 bits per heavy atom. The Bertz CT molecular complexity index is 1040. The maximum atomic E-state index is 13.6. The van der Waals surface area contributed by atoms with Gasteiger partial charge >= 0.3 is 18.4 Å². The van der Waals surface area contributed by atoms with Gasteiger partial charge in [-0.05, 0) is 49.8 Å². The van der Waals surface area contributed by atoms with Gasteiger partial charge < -0.3 is 9.64 Å². The Kier molecular flexibility index (Phi) is 6.83. The molecule has 2 bridgehead atoms. The molecule has 4 nitrogen and oxygen atoms in total. The Labute approximate surface area is 197 Å². The topological polar surface area (TPSA) is 46.6 Å². The van der Waals surface area contributed by atoms with Gasteiger partial charge in [-0.3, -0.25) is 4.79 Å². The van der Waals surface area contributed by atoms with Crippen LogP contribution in [-0.4, -0.2) is 28.9 Å². The zero-order valence-electron chi connectivity index (χ0n) is 18.5. The average Bonchev–Trinajstić information content (AvgIpc) is 2.80. The number of ether oxygens (including phenoxy) is 1. The second kappa shape index (κ2) is 9.54. The predicted octanol–water partition coefficient (Wildman–Crippen LogP) is 6.88. The van der Waals surface area contributed by atoms with Gasteiger partial charge in [0.2, 0.25) is 0 Å². The zero-order valence-corrected chi connectivity index (χ0v) is 18.5. The van der Waals surface area contributed by atoms with E-state index in [1.807, 2.05) is 6.07 Å². The first-order chi connectivity index (χ1) is 16.5. The number of halogens is 6. The molecule has 2 aromatic carbocycles. The molecule has 0 radical (unpaired) electrons. The molecule has 10 heteroatoms. The summed E-state index contributed by atoms with van der Waals surface area (Å²) >= 11 is 0. The molecule has 4 rings (SSSR count). The van der Waals surface area contributed by atoms with Gasteiger partial charge in [0.1, 0.15) is 6.61 Å². The first kappa shape index (κ1) is 25.1. The predicted molar refractivity (Wildman–Crippen MR) is 113 cm³/mol. The Morgan fingerprint density at radius 2 is 1.37 bits per heavy atom. The molecule has 2 aliphatic rings. The second-order valence-electron chi connectivity index (χ2n) is 8.94. The number of carbonyl (C=O) groups excluding carboxylic acids is 2. The minimum absolute atomic E-state index is 0.0146. The summed E-state index contributed by atoms with van der Waals surface area (Å²) in [6.07, 6.45) is -9.14. The molecule has 2 aliphatic heterocycles. The Balaban J connectivity index is 1.57. The summed E-state index contributed by atoms with van der Waals surface area (Å²) in [5.74, 6) is -2.24. The first-order valence-corrected chi connectivity index (χ1v) is 11.3. The number of hydrogen-bond donors (Lipinski definition) is 0. The van der Waals surface area contributed by atoms with Crippen LogP contribution in [0, 0.1) is 5.92 Å². The number of piperidine rings is 2. The molecule has 0 aliphatic carbocycles. The van der Waals surface area contributed by atoms with Crippen molar-refractivity contribution in [2.45, 2.75) is 63.1 Å². The van der Waals surface area contributed by atoms with Crippen molar-refractivity contribution in [3.8, 4) is 0 Å². The van der Waals surface area contributed by atoms with E-state index in [4.69, 9.17) is 4.74 Å². The Hall–Kier alpha value is -3.04. The number of carbonyl (C=O) groups is 2. The van der Waals surface area contributed by atoms with E-state index in [1.54, 1.807) is 24.3 Å². The number of amides is 1. The van der Waals surface area contributed by atoms with Crippen molar-refractivity contribution in [2.24, 2.45) is 5.92 Å². The quantitative estimate of drug-likeness (QED) is 0.341. The third kappa shape index (κ3) is 5.31. The van der Waals surface area contributed by atoms with Crippen molar-refractivity contribution < 1.29 is 40.7 Å². The molecule has 1 amide bonds. The fraction of sp³-hybridized carbons (Fsp3) is 0.440. The van der Waals surface area contributed by atoms with Gasteiger partial charge in [-0.1, -0.05) is 36.4 Å². The number of hydrogen-bond acceptors (Lipinski definition) is 3. The molecular weight excluding hydrogens is 476 g/mol. The number of alkyl halides is 6. The van der Waals surface area contributed by atoms with Crippen LogP contribution in [0.1, 0.15) is 59.2 Å². The van der Waals surface area contributed by atoms with Crippen LogP contribution in [0.3, 0.4) is 0 Å². The fourth-order valence-corrected chi connectivity index (χ4v) is 5.18. The fourth-order valence-electron chi connectivity index (χ4n) is 5.18. The molecule has 2 atom stereocenters. The number of benzene rings is 2. The second-order valence-corrected chi connectivity index (χ2v) is 8.94. The smallest absolute Gasteiger partial charge is 0.417 e. The lowest BCUT2D eigenvalue weighted by atomic mass is 9.74. The summed E-state index contributed by atoms with van der Waals surface area (Å²) in [6.45, 7) is 0.0336. The lowest BCUT2D eigenvalue weighted by Crippen LogP contribution is -2.55. The average molecular weight is 499 g/mol. The third-order valence-electron chi connectivity index (χ3n) is 6.68. The molecule has 2 heterocycles. The largest absolute Gasteiger partial charge is 0.445 e. The molecule has 2 saturated heterocycles. The van der Waals surface area contributed by atoms with Crippen molar-refractivity contribution >= 4 is 11.9 Å². The van der Waals surface area contributed by atoms with E-state index in [1.165, 1.54) is 4.90 Å². The summed E-state index contributed by atoms with van der Waals surface area (Å²) in [4.78, 5) is 27.6. The highest BCUT2D eigenvalue weighted by Crippen LogP contribution is 2.44. The van der Waals surface area contributed by atoms with E-state index in [-0.39, 0.29) is 19.4 Å². The monoisotopic (exact) mass is 499 g/mol. The summed E-state index contributed by atoms with van der Waals surface area (Å²) in [5, 5.41) is 0. The number of fused-ring (bicyclic) bond motifs is 2. The van der Waals surface area contributed by atoms with Crippen LogP contribution >= 0.6 is 0 Å². The van der Waals surface area contributed by atoms with Gasteiger partial charge in [0.25, 0.3) is 0 Å². The third-order valence-corrected chi connectivity index (χ3v) is 6.68. The van der Waals surface area contributed by atoms with Crippen LogP contribution < -0.4 is 0 Å². The molecule has 0 spiro atoms. The van der Waals surface area contributed by atoms with Gasteiger partial charge in [0.05, 0.1) is 11.1 Å². The van der Waals surface area contributed by atoms with Crippen LogP contribution in [0.2, 0.25) is 0 Å². The van der Waals surface area contributed by atoms with E-state index < -0.39 is 58.9 Å². The standard InChI is InChI=1S/C25H23F6NO3/c26-24(27,28)19-10-5-11-20(25(29,30)31)21(19)22(33)16-12-17-8-4-9-18(13-16)32(17)23(34)35-14-15-6-2-1-3-7-15/h1-3,5-7,10-11,16-18H,4,8-9,12-14H2. The van der Waals surface area contributed by atoms with E-state index in [0.29, 0.717) is 31.0 Å². The molecule has 0 aromatic heterocycles. The zero-order chi connectivity index (χ0) is 25.4. The van der Waals surface area contributed by atoms with Gasteiger partial charge in [-0.25, -0.2) is 4.79 Å². The highest BCUT2D eigenvalue weighted by Gasteiger charge is 2.48. The van der Waals surface area contributed by atoms with Crippen LogP contribution in [0.4, 0.5) is 31.1 Å². The molecule has 188 valence electrons. The van der Waals surface area contributed by atoms with Crippen molar-refractivity contribution in [3.63, 3.8) is 0 Å². The number of ketones is 1. The maximum absolute atomic E-state index is 13.6. The van der Waals surface area contributed by atoms with E-state index in [9.17, 15) is 35.9 Å². The first-order valence-electron chi connectivity index (χ1n) is 11.3. The molecule has 0 N–H and O–H groups in total. The minimum atomic E-state index is -5.12. The van der Waals surface area contributed by atoms with Crippen LogP contribution in [-0.2, 0) is 23.7 Å². The van der Waals surface area contributed by atoms with Crippen LogP contribution in [0.5, 0.6) is 0 Å². The summed E-state index contributed by atoms with van der Waals surface area (Å²) < 4.78 is 86.9. The lowest BCUT2D eigenvalue weighted by Gasteiger charge is -2.47. The van der Waals surface area contributed by atoms with E-state index in [0.717, 1.165) is 12.0 Å². The number of rotatable bonds is 4. The number of nitrogens with zero attached hydrogens (tertiary/aromatic N) is 1. The maximum Gasteiger partial charge on any atom is 0.417 e. The highest BCUT2D eigenvalue weighted by atomic mass is 19.4. The van der Waals surface area contributed by atoms with Crippen molar-refractivity contribution in [1.82, 2.24) is 4.90 Å². The van der Waals surface area contributed by atoms with Crippen molar-refractivity contribution in [2.75, 3.05) is 0 Å². The lowest BCUT2D eigenvalue weighted by molar-refractivity contribution is -0.143. The molecule has 2 unspecified atom stereocenters. The molecule has 2 fully saturated rings. The highest BCUT2D eigenvalue weighted by molar-refractivity contribution is 6.01. The Morgan fingerprint density at radius 1 is 0.829 bits per heavy atom. The molecule has 2 aromatic rings. The van der Waals surface area contributed by atoms with Gasteiger partial charge in [-0.2, -0.15) is 26.3 Å². The minimum Gasteiger partial charge on any atom is -0.445 e. The van der Waals surface area contributed by atoms with Gasteiger partial charge in [-0.15, -0.1) is 0 Å². The number of Topliss-reactive ketones (excluding diaryl/α,β-unsaturated/α-hetero) is 1. The summed E-state index contributed by atoms with van der Waals surface area (Å²) in [5.41, 5.74) is -3.74.